The molecule has 0 aliphatic carbocycles. The number of hydrogen-bond donors (Lipinski definition) is 1. The lowest BCUT2D eigenvalue weighted by molar-refractivity contribution is -0.142. The van der Waals surface area contributed by atoms with Gasteiger partial charge in [0.15, 0.2) is 0 Å². The van der Waals surface area contributed by atoms with Crippen molar-refractivity contribution in [2.45, 2.75) is 18.4 Å². The lowest BCUT2D eigenvalue weighted by Crippen LogP contribution is -2.19. The van der Waals surface area contributed by atoms with Crippen LogP contribution >= 0.6 is 0 Å². The Balaban J connectivity index is 2.11. The molecule has 1 aliphatic rings. The van der Waals surface area contributed by atoms with Crippen LogP contribution in [0.4, 0.5) is 0 Å². The largest absolute Gasteiger partial charge is 0.459 e. The van der Waals surface area contributed by atoms with Gasteiger partial charge in [-0.3, -0.25) is 4.79 Å². The first-order valence-electron chi connectivity index (χ1n) is 6.07. The molecule has 3 heteroatoms. The summed E-state index contributed by atoms with van der Waals surface area (Å²) in [5, 5.41) is 11.6. The second kappa shape index (κ2) is 4.42. The number of cyclic esters (lactones) is 1. The van der Waals surface area contributed by atoms with Crippen LogP contribution in [0.5, 0.6) is 0 Å². The van der Waals surface area contributed by atoms with E-state index in [2.05, 4.69) is 0 Å². The number of carbonyl (C=O) groups is 1. The Labute approximate surface area is 105 Å². The first-order valence-corrected chi connectivity index (χ1v) is 6.07. The molecule has 1 fully saturated rings. The van der Waals surface area contributed by atoms with Crippen LogP contribution in [-0.2, 0) is 9.53 Å². The van der Waals surface area contributed by atoms with Crippen LogP contribution in [0.3, 0.4) is 0 Å². The van der Waals surface area contributed by atoms with Crippen molar-refractivity contribution >= 4 is 16.7 Å². The second-order valence-electron chi connectivity index (χ2n) is 4.59. The normalized spacial score (nSPS) is 23.3. The molecule has 2 aromatic rings. The molecule has 0 aromatic heterocycles. The van der Waals surface area contributed by atoms with Gasteiger partial charge in [0.25, 0.3) is 0 Å². The van der Waals surface area contributed by atoms with E-state index in [1.165, 1.54) is 0 Å². The maximum atomic E-state index is 11.4. The van der Waals surface area contributed by atoms with E-state index in [0.717, 1.165) is 16.3 Å². The average molecular weight is 242 g/mol. The molecule has 0 amide bonds. The van der Waals surface area contributed by atoms with Crippen molar-refractivity contribution in [3.8, 4) is 0 Å². The number of ether oxygens (including phenoxy) is 1. The summed E-state index contributed by atoms with van der Waals surface area (Å²) in [6.07, 6.45) is -0.0671. The molecule has 1 aliphatic heterocycles. The van der Waals surface area contributed by atoms with Gasteiger partial charge in [0.2, 0.25) is 0 Å². The summed E-state index contributed by atoms with van der Waals surface area (Å²) in [6.45, 7) is -0.125. The topological polar surface area (TPSA) is 46.5 Å². The van der Waals surface area contributed by atoms with Gasteiger partial charge in [-0.05, 0) is 16.3 Å². The third-order valence-electron chi connectivity index (χ3n) is 3.52. The number of carbonyl (C=O) groups excluding carboxylic acids is 1. The van der Waals surface area contributed by atoms with E-state index < -0.39 is 6.10 Å². The zero-order chi connectivity index (χ0) is 12.5. The fourth-order valence-electron chi connectivity index (χ4n) is 2.66. The smallest absolute Gasteiger partial charge is 0.306 e. The number of fused-ring (bicyclic) bond motifs is 1. The molecule has 3 rings (SSSR count). The minimum atomic E-state index is -0.414. The van der Waals surface area contributed by atoms with Crippen molar-refractivity contribution in [2.75, 3.05) is 6.61 Å². The Morgan fingerprint density at radius 3 is 2.78 bits per heavy atom. The van der Waals surface area contributed by atoms with E-state index in [1.54, 1.807) is 0 Å². The molecule has 2 aromatic carbocycles. The van der Waals surface area contributed by atoms with E-state index >= 15 is 0 Å². The lowest BCUT2D eigenvalue weighted by atomic mass is 9.89. The predicted octanol–water partition coefficient (Wildman–Crippen LogP) is 2.23. The Morgan fingerprint density at radius 1 is 1.17 bits per heavy atom. The summed E-state index contributed by atoms with van der Waals surface area (Å²) in [6, 6.07) is 14.1. The summed E-state index contributed by atoms with van der Waals surface area (Å²) >= 11 is 0. The number of aliphatic hydroxyl groups excluding tert-OH is 1. The molecule has 18 heavy (non-hydrogen) atoms. The second-order valence-corrected chi connectivity index (χ2v) is 4.59. The number of esters is 1. The summed E-state index contributed by atoms with van der Waals surface area (Å²) in [7, 11) is 0. The van der Waals surface area contributed by atoms with Gasteiger partial charge in [-0.25, -0.2) is 0 Å². The first kappa shape index (κ1) is 11.2. The molecule has 0 spiro atoms. The van der Waals surface area contributed by atoms with Gasteiger partial charge < -0.3 is 9.84 Å². The van der Waals surface area contributed by atoms with Crippen molar-refractivity contribution < 1.29 is 14.6 Å². The third kappa shape index (κ3) is 1.77. The van der Waals surface area contributed by atoms with Gasteiger partial charge >= 0.3 is 5.97 Å². The Kier molecular flexibility index (Phi) is 2.76. The van der Waals surface area contributed by atoms with E-state index in [0.29, 0.717) is 6.42 Å². The molecule has 92 valence electrons. The van der Waals surface area contributed by atoms with Gasteiger partial charge in [-0.2, -0.15) is 0 Å². The van der Waals surface area contributed by atoms with Crippen LogP contribution in [0.15, 0.2) is 42.5 Å². The van der Waals surface area contributed by atoms with Gasteiger partial charge in [-0.1, -0.05) is 42.5 Å². The van der Waals surface area contributed by atoms with Crippen molar-refractivity contribution in [1.82, 2.24) is 0 Å². The van der Waals surface area contributed by atoms with Crippen LogP contribution in [0.25, 0.3) is 10.8 Å². The molecule has 0 radical (unpaired) electrons. The van der Waals surface area contributed by atoms with Crippen molar-refractivity contribution in [2.24, 2.45) is 0 Å². The van der Waals surface area contributed by atoms with E-state index in [9.17, 15) is 9.90 Å². The third-order valence-corrected chi connectivity index (χ3v) is 3.52. The molecule has 0 unspecified atom stereocenters. The SMILES string of the molecule is O=C1C[C@H](c2cccc3ccccc23)[C@@H](CO)O1. The van der Waals surface area contributed by atoms with E-state index in [1.807, 2.05) is 42.5 Å². The number of hydrogen-bond acceptors (Lipinski definition) is 3. The molecule has 1 N–H and O–H groups in total. The molecular weight excluding hydrogens is 228 g/mol. The summed E-state index contributed by atoms with van der Waals surface area (Å²) in [5.74, 6) is -0.277. The molecule has 0 bridgehead atoms. The number of benzene rings is 2. The highest BCUT2D eigenvalue weighted by molar-refractivity contribution is 5.87. The Morgan fingerprint density at radius 2 is 1.94 bits per heavy atom. The minimum absolute atomic E-state index is 0.0476. The van der Waals surface area contributed by atoms with Crippen LogP contribution in [0, 0.1) is 0 Å². The lowest BCUT2D eigenvalue weighted by Gasteiger charge is -2.17. The highest BCUT2D eigenvalue weighted by atomic mass is 16.6. The monoisotopic (exact) mass is 242 g/mol. The molecule has 1 saturated heterocycles. The van der Waals surface area contributed by atoms with Crippen molar-refractivity contribution in [3.63, 3.8) is 0 Å². The van der Waals surface area contributed by atoms with Crippen LogP contribution in [0.1, 0.15) is 17.9 Å². The van der Waals surface area contributed by atoms with Crippen LogP contribution in [-0.4, -0.2) is 23.8 Å². The number of aliphatic hydroxyl groups is 1. The van der Waals surface area contributed by atoms with Gasteiger partial charge in [0, 0.05) is 5.92 Å². The standard InChI is InChI=1S/C15H14O3/c16-9-14-13(8-15(17)18-14)12-7-3-5-10-4-1-2-6-11(10)12/h1-7,13-14,16H,8-9H2/t13-,14-/m1/s1. The van der Waals surface area contributed by atoms with Gasteiger partial charge in [-0.15, -0.1) is 0 Å². The maximum absolute atomic E-state index is 11.4. The van der Waals surface area contributed by atoms with E-state index in [-0.39, 0.29) is 18.5 Å². The maximum Gasteiger partial charge on any atom is 0.306 e. The fourth-order valence-corrected chi connectivity index (χ4v) is 2.66. The fraction of sp³-hybridized carbons (Fsp3) is 0.267. The van der Waals surface area contributed by atoms with Crippen LogP contribution < -0.4 is 0 Å². The van der Waals surface area contributed by atoms with E-state index in [4.69, 9.17) is 4.74 Å². The van der Waals surface area contributed by atoms with Crippen molar-refractivity contribution in [1.29, 1.82) is 0 Å². The first-order chi connectivity index (χ1) is 8.79. The summed E-state index contributed by atoms with van der Waals surface area (Å²) in [4.78, 5) is 11.4. The van der Waals surface area contributed by atoms with Gasteiger partial charge in [0.1, 0.15) is 6.10 Å². The Bertz CT molecular complexity index is 586. The van der Waals surface area contributed by atoms with Gasteiger partial charge in [0.05, 0.1) is 13.0 Å². The zero-order valence-corrected chi connectivity index (χ0v) is 9.87. The predicted molar refractivity (Wildman–Crippen MR) is 68.3 cm³/mol. The highest BCUT2D eigenvalue weighted by Crippen LogP contribution is 2.35. The van der Waals surface area contributed by atoms with Crippen molar-refractivity contribution in [3.05, 3.63) is 48.0 Å². The summed E-state index contributed by atoms with van der Waals surface area (Å²) in [5.41, 5.74) is 1.08. The molecule has 2 atom stereocenters. The van der Waals surface area contributed by atoms with Crippen LogP contribution in [0.2, 0.25) is 0 Å². The average Bonchev–Trinajstić information content (AvgIpc) is 2.79. The minimum Gasteiger partial charge on any atom is -0.459 e. The Hall–Kier alpha value is -1.87. The molecule has 0 saturated carbocycles. The highest BCUT2D eigenvalue weighted by Gasteiger charge is 2.36. The molecule has 3 nitrogen and oxygen atoms in total. The molecule has 1 heterocycles. The summed E-state index contributed by atoms with van der Waals surface area (Å²) < 4.78 is 5.14. The molecular formula is C15H14O3. The number of rotatable bonds is 2. The zero-order valence-electron chi connectivity index (χ0n) is 9.87. The quantitative estimate of drug-likeness (QED) is 0.821.